The van der Waals surface area contributed by atoms with Crippen molar-refractivity contribution in [1.29, 1.82) is 0 Å². The number of aryl methyl sites for hydroxylation is 1. The second-order valence-corrected chi connectivity index (χ2v) is 6.54. The predicted molar refractivity (Wildman–Crippen MR) is 101 cm³/mol. The molecular formula is C21H20F3N3O2. The lowest BCUT2D eigenvalue weighted by atomic mass is 10.0. The molecule has 1 amide bonds. The topological polar surface area (TPSA) is 56.1 Å². The number of alkyl halides is 3. The molecule has 8 heteroatoms. The van der Waals surface area contributed by atoms with E-state index in [1.807, 2.05) is 19.2 Å². The molecular weight excluding hydrogens is 383 g/mol. The zero-order chi connectivity index (χ0) is 21.0. The largest absolute Gasteiger partial charge is 0.497 e. The van der Waals surface area contributed by atoms with Gasteiger partial charge >= 0.3 is 6.18 Å². The van der Waals surface area contributed by atoms with Gasteiger partial charge in [0, 0.05) is 19.4 Å². The van der Waals surface area contributed by atoms with E-state index in [2.05, 4.69) is 10.3 Å². The number of halogens is 3. The third-order valence-electron chi connectivity index (χ3n) is 4.52. The fraction of sp³-hybridized carbons (Fsp3) is 0.238. The normalized spacial score (nSPS) is 12.4. The van der Waals surface area contributed by atoms with E-state index in [9.17, 15) is 18.0 Å². The Balaban J connectivity index is 1.78. The van der Waals surface area contributed by atoms with Crippen LogP contribution in [0.2, 0.25) is 0 Å². The van der Waals surface area contributed by atoms with Gasteiger partial charge in [0.05, 0.1) is 19.1 Å². The number of nitrogens with one attached hydrogen (secondary N) is 1. The Labute approximate surface area is 166 Å². The van der Waals surface area contributed by atoms with E-state index in [0.717, 1.165) is 17.7 Å². The van der Waals surface area contributed by atoms with Crippen LogP contribution in [0.4, 0.5) is 13.2 Å². The molecule has 5 nitrogen and oxygen atoms in total. The van der Waals surface area contributed by atoms with Crippen LogP contribution in [0.15, 0.2) is 60.9 Å². The fourth-order valence-electron chi connectivity index (χ4n) is 2.96. The zero-order valence-corrected chi connectivity index (χ0v) is 15.9. The van der Waals surface area contributed by atoms with Gasteiger partial charge in [0.1, 0.15) is 17.6 Å². The Morgan fingerprint density at radius 1 is 1.14 bits per heavy atom. The first-order valence-corrected chi connectivity index (χ1v) is 8.84. The van der Waals surface area contributed by atoms with E-state index in [4.69, 9.17) is 4.74 Å². The number of imidazole rings is 1. The van der Waals surface area contributed by atoms with Gasteiger partial charge in [-0.2, -0.15) is 13.2 Å². The number of rotatable bonds is 6. The standard InChI is InChI=1S/C21H20F3N3O2/c1-27-12-11-25-20(27)19(15-5-9-17(29-2)10-6-15)26-18(28)13-14-3-7-16(8-4-14)21(22,23)24/h3-12,19H,13H2,1-2H3,(H,26,28). The van der Waals surface area contributed by atoms with Gasteiger partial charge in [-0.05, 0) is 35.4 Å². The molecule has 1 heterocycles. The summed E-state index contributed by atoms with van der Waals surface area (Å²) in [5.41, 5.74) is 0.551. The summed E-state index contributed by atoms with van der Waals surface area (Å²) >= 11 is 0. The van der Waals surface area contributed by atoms with Crippen molar-refractivity contribution in [3.05, 3.63) is 83.4 Å². The molecule has 0 saturated carbocycles. The molecule has 0 aliphatic rings. The maximum atomic E-state index is 12.7. The summed E-state index contributed by atoms with van der Waals surface area (Å²) in [7, 11) is 3.39. The highest BCUT2D eigenvalue weighted by Crippen LogP contribution is 2.29. The molecule has 1 atom stereocenters. The fourth-order valence-corrected chi connectivity index (χ4v) is 2.96. The summed E-state index contributed by atoms with van der Waals surface area (Å²) < 4.78 is 45.0. The minimum atomic E-state index is -4.40. The van der Waals surface area contributed by atoms with Crippen LogP contribution in [-0.2, 0) is 24.4 Å². The van der Waals surface area contributed by atoms with Crippen LogP contribution in [0.3, 0.4) is 0 Å². The average molecular weight is 403 g/mol. The molecule has 1 unspecified atom stereocenters. The van der Waals surface area contributed by atoms with Gasteiger partial charge in [-0.15, -0.1) is 0 Å². The van der Waals surface area contributed by atoms with Crippen LogP contribution in [-0.4, -0.2) is 22.6 Å². The van der Waals surface area contributed by atoms with Crippen LogP contribution < -0.4 is 10.1 Å². The van der Waals surface area contributed by atoms with Gasteiger partial charge in [0.2, 0.25) is 5.91 Å². The van der Waals surface area contributed by atoms with Crippen molar-refractivity contribution in [1.82, 2.24) is 14.9 Å². The van der Waals surface area contributed by atoms with Crippen molar-refractivity contribution in [2.75, 3.05) is 7.11 Å². The number of carbonyl (C=O) groups is 1. The summed E-state index contributed by atoms with van der Waals surface area (Å²) in [5, 5.41) is 2.92. The summed E-state index contributed by atoms with van der Waals surface area (Å²) in [6, 6.07) is 11.3. The minimum Gasteiger partial charge on any atom is -0.497 e. The number of ether oxygens (including phenoxy) is 1. The lowest BCUT2D eigenvalue weighted by molar-refractivity contribution is -0.137. The second-order valence-electron chi connectivity index (χ2n) is 6.54. The predicted octanol–water partition coefficient (Wildman–Crippen LogP) is 3.90. The number of nitrogens with zero attached hydrogens (tertiary/aromatic N) is 2. The van der Waals surface area contributed by atoms with E-state index >= 15 is 0 Å². The average Bonchev–Trinajstić information content (AvgIpc) is 3.11. The molecule has 0 radical (unpaired) electrons. The van der Waals surface area contributed by atoms with Gasteiger partial charge < -0.3 is 14.6 Å². The van der Waals surface area contributed by atoms with Crippen molar-refractivity contribution < 1.29 is 22.7 Å². The molecule has 1 aromatic heterocycles. The van der Waals surface area contributed by atoms with Crippen LogP contribution in [0.25, 0.3) is 0 Å². The molecule has 0 aliphatic heterocycles. The number of benzene rings is 2. The first-order chi connectivity index (χ1) is 13.8. The number of hydrogen-bond donors (Lipinski definition) is 1. The van der Waals surface area contributed by atoms with Crippen LogP contribution in [0.5, 0.6) is 5.75 Å². The smallest absolute Gasteiger partial charge is 0.416 e. The molecule has 0 spiro atoms. The van der Waals surface area contributed by atoms with Crippen molar-refractivity contribution in [3.8, 4) is 5.75 Å². The maximum absolute atomic E-state index is 12.7. The molecule has 152 valence electrons. The van der Waals surface area contributed by atoms with E-state index in [1.54, 1.807) is 36.2 Å². The van der Waals surface area contributed by atoms with E-state index < -0.39 is 17.8 Å². The minimum absolute atomic E-state index is 0.0464. The molecule has 0 fully saturated rings. The Morgan fingerprint density at radius 2 is 1.79 bits per heavy atom. The molecule has 1 N–H and O–H groups in total. The molecule has 0 saturated heterocycles. The third kappa shape index (κ3) is 4.96. The zero-order valence-electron chi connectivity index (χ0n) is 15.9. The Hall–Kier alpha value is -3.29. The quantitative estimate of drug-likeness (QED) is 0.679. The number of carbonyl (C=O) groups excluding carboxylic acids is 1. The monoisotopic (exact) mass is 403 g/mol. The van der Waals surface area contributed by atoms with E-state index in [-0.39, 0.29) is 12.3 Å². The van der Waals surface area contributed by atoms with Gasteiger partial charge in [-0.25, -0.2) is 4.98 Å². The number of aromatic nitrogens is 2. The summed E-state index contributed by atoms with van der Waals surface area (Å²) in [6.45, 7) is 0. The van der Waals surface area contributed by atoms with Gasteiger partial charge in [0.25, 0.3) is 0 Å². The highest BCUT2D eigenvalue weighted by atomic mass is 19.4. The summed E-state index contributed by atoms with van der Waals surface area (Å²) in [5.74, 6) is 0.993. The molecule has 3 aromatic rings. The number of methoxy groups -OCH3 is 1. The molecule has 0 aliphatic carbocycles. The second kappa shape index (κ2) is 8.38. The highest BCUT2D eigenvalue weighted by Gasteiger charge is 2.30. The van der Waals surface area contributed by atoms with Gasteiger partial charge in [-0.3, -0.25) is 4.79 Å². The summed E-state index contributed by atoms with van der Waals surface area (Å²) in [4.78, 5) is 16.9. The summed E-state index contributed by atoms with van der Waals surface area (Å²) in [6.07, 6.45) is -1.05. The van der Waals surface area contributed by atoms with Crippen molar-refractivity contribution in [2.45, 2.75) is 18.6 Å². The van der Waals surface area contributed by atoms with E-state index in [1.165, 1.54) is 12.1 Å². The molecule has 2 aromatic carbocycles. The Bertz CT molecular complexity index is 964. The number of hydrogen-bond acceptors (Lipinski definition) is 3. The van der Waals surface area contributed by atoms with Crippen LogP contribution in [0.1, 0.15) is 28.6 Å². The lowest BCUT2D eigenvalue weighted by Crippen LogP contribution is -2.32. The Kier molecular flexibility index (Phi) is 5.91. The maximum Gasteiger partial charge on any atom is 0.416 e. The van der Waals surface area contributed by atoms with Crippen molar-refractivity contribution in [2.24, 2.45) is 7.05 Å². The van der Waals surface area contributed by atoms with Gasteiger partial charge in [0.15, 0.2) is 0 Å². The first kappa shape index (κ1) is 20.4. The molecule has 3 rings (SSSR count). The van der Waals surface area contributed by atoms with E-state index in [0.29, 0.717) is 17.1 Å². The highest BCUT2D eigenvalue weighted by molar-refractivity contribution is 5.79. The van der Waals surface area contributed by atoms with Crippen LogP contribution >= 0.6 is 0 Å². The van der Waals surface area contributed by atoms with Gasteiger partial charge in [-0.1, -0.05) is 24.3 Å². The number of amides is 1. The third-order valence-corrected chi connectivity index (χ3v) is 4.52. The molecule has 0 bridgehead atoms. The molecule has 29 heavy (non-hydrogen) atoms. The van der Waals surface area contributed by atoms with Crippen molar-refractivity contribution >= 4 is 5.91 Å². The Morgan fingerprint density at radius 3 is 2.31 bits per heavy atom. The SMILES string of the molecule is COc1ccc(C(NC(=O)Cc2ccc(C(F)(F)F)cc2)c2nccn2C)cc1. The first-order valence-electron chi connectivity index (χ1n) is 8.84. The van der Waals surface area contributed by atoms with Crippen LogP contribution in [0, 0.1) is 0 Å². The lowest BCUT2D eigenvalue weighted by Gasteiger charge is -2.19. The van der Waals surface area contributed by atoms with Crippen molar-refractivity contribution in [3.63, 3.8) is 0 Å².